The maximum Gasteiger partial charge on any atom is 0.255 e. The van der Waals surface area contributed by atoms with Crippen LogP contribution in [0.1, 0.15) is 27.7 Å². The van der Waals surface area contributed by atoms with Gasteiger partial charge >= 0.3 is 0 Å². The Balaban J connectivity index is 1.89. The fourth-order valence-electron chi connectivity index (χ4n) is 2.82. The van der Waals surface area contributed by atoms with E-state index in [9.17, 15) is 18.4 Å². The highest BCUT2D eigenvalue weighted by atomic mass is 79.9. The summed E-state index contributed by atoms with van der Waals surface area (Å²) < 4.78 is 29.3. The van der Waals surface area contributed by atoms with Crippen molar-refractivity contribution in [3.05, 3.63) is 81.6 Å². The first kappa shape index (κ1) is 20.7. The lowest BCUT2D eigenvalue weighted by Crippen LogP contribution is -2.39. The summed E-state index contributed by atoms with van der Waals surface area (Å²) in [5, 5.41) is 9.21. The predicted molar refractivity (Wildman–Crippen MR) is 107 cm³/mol. The number of hydrogen-bond acceptors (Lipinski definition) is 3. The van der Waals surface area contributed by atoms with E-state index >= 15 is 0 Å². The summed E-state index contributed by atoms with van der Waals surface area (Å²) >= 11 is 3.36. The van der Waals surface area contributed by atoms with Gasteiger partial charge in [0.15, 0.2) is 11.6 Å². The highest BCUT2D eigenvalue weighted by Gasteiger charge is 2.25. The lowest BCUT2D eigenvalue weighted by atomic mass is 10.0. The summed E-state index contributed by atoms with van der Waals surface area (Å²) in [7, 11) is 1.39. The zero-order chi connectivity index (χ0) is 21.1. The smallest absolute Gasteiger partial charge is 0.255 e. The molecule has 1 aromatic heterocycles. The van der Waals surface area contributed by atoms with Crippen molar-refractivity contribution in [3.63, 3.8) is 0 Å². The van der Waals surface area contributed by atoms with Crippen LogP contribution in [0.5, 0.6) is 0 Å². The van der Waals surface area contributed by atoms with Crippen LogP contribution in [0.15, 0.2) is 53.1 Å². The molecule has 150 valence electrons. The molecule has 2 aromatic carbocycles. The van der Waals surface area contributed by atoms with Gasteiger partial charge in [-0.3, -0.25) is 9.59 Å². The number of rotatable bonds is 5. The first-order valence-electron chi connectivity index (χ1n) is 8.59. The molecule has 0 radical (unpaired) electrons. The summed E-state index contributed by atoms with van der Waals surface area (Å²) in [4.78, 5) is 25.1. The van der Waals surface area contributed by atoms with E-state index in [4.69, 9.17) is 0 Å². The molecule has 0 spiro atoms. The second kappa shape index (κ2) is 8.52. The van der Waals surface area contributed by atoms with E-state index in [1.807, 2.05) is 24.3 Å². The molecule has 0 aliphatic carbocycles. The van der Waals surface area contributed by atoms with Crippen LogP contribution in [0.4, 0.5) is 8.78 Å². The number of carbonyl (C=O) groups is 2. The standard InChI is InChI=1S/C20H17BrF2N4O2/c1-11-15(10-25-27(11)14-6-4-13(21)5-7-14)19(28)26-18(20(29)24-2)12-3-8-16(22)17(23)9-12/h3-10,18H,1-2H3,(H,24,29)(H,26,28). The van der Waals surface area contributed by atoms with Crippen molar-refractivity contribution < 1.29 is 18.4 Å². The Hall–Kier alpha value is -3.07. The van der Waals surface area contributed by atoms with E-state index in [1.165, 1.54) is 19.3 Å². The summed E-state index contributed by atoms with van der Waals surface area (Å²) in [6.07, 6.45) is 1.39. The minimum Gasteiger partial charge on any atom is -0.357 e. The molecule has 1 heterocycles. The van der Waals surface area contributed by atoms with Crippen molar-refractivity contribution in [1.29, 1.82) is 0 Å². The first-order valence-corrected chi connectivity index (χ1v) is 9.39. The molecular formula is C20H17BrF2N4O2. The predicted octanol–water partition coefficient (Wildman–Crippen LogP) is 3.44. The van der Waals surface area contributed by atoms with Crippen molar-refractivity contribution in [2.45, 2.75) is 13.0 Å². The Morgan fingerprint density at radius 2 is 1.79 bits per heavy atom. The summed E-state index contributed by atoms with van der Waals surface area (Å²) in [5.41, 5.74) is 1.69. The highest BCUT2D eigenvalue weighted by Crippen LogP contribution is 2.20. The molecule has 0 saturated carbocycles. The number of benzene rings is 2. The van der Waals surface area contributed by atoms with Gasteiger partial charge in [-0.1, -0.05) is 22.0 Å². The van der Waals surface area contributed by atoms with Crippen LogP contribution in [0, 0.1) is 18.6 Å². The average molecular weight is 463 g/mol. The third kappa shape index (κ3) is 4.34. The van der Waals surface area contributed by atoms with E-state index in [0.717, 1.165) is 22.3 Å². The Morgan fingerprint density at radius 1 is 1.10 bits per heavy atom. The van der Waals surface area contributed by atoms with Gasteiger partial charge in [0.25, 0.3) is 5.91 Å². The quantitative estimate of drug-likeness (QED) is 0.609. The molecule has 0 saturated heterocycles. The number of likely N-dealkylation sites (N-methyl/N-ethyl adjacent to an activating group) is 1. The number of halogens is 3. The van der Waals surface area contributed by atoms with Gasteiger partial charge in [0, 0.05) is 11.5 Å². The normalized spacial score (nSPS) is 11.8. The molecule has 1 unspecified atom stereocenters. The minimum absolute atomic E-state index is 0.120. The number of carbonyl (C=O) groups excluding carboxylic acids is 2. The number of amides is 2. The van der Waals surface area contributed by atoms with Crippen molar-refractivity contribution in [2.75, 3.05) is 7.05 Å². The molecule has 29 heavy (non-hydrogen) atoms. The molecular weight excluding hydrogens is 446 g/mol. The van der Waals surface area contributed by atoms with E-state index in [2.05, 4.69) is 31.7 Å². The molecule has 9 heteroatoms. The third-order valence-electron chi connectivity index (χ3n) is 4.39. The summed E-state index contributed by atoms with van der Waals surface area (Å²) in [6, 6.07) is 9.20. The number of hydrogen-bond donors (Lipinski definition) is 2. The molecule has 0 aliphatic heterocycles. The Morgan fingerprint density at radius 3 is 2.41 bits per heavy atom. The number of nitrogens with zero attached hydrogens (tertiary/aromatic N) is 2. The van der Waals surface area contributed by atoms with Crippen LogP contribution in [-0.2, 0) is 4.79 Å². The Labute approximate surface area is 174 Å². The van der Waals surface area contributed by atoms with Gasteiger partial charge in [0.05, 0.1) is 23.1 Å². The number of aromatic nitrogens is 2. The zero-order valence-corrected chi connectivity index (χ0v) is 17.1. The van der Waals surface area contributed by atoms with E-state index in [-0.39, 0.29) is 11.1 Å². The summed E-state index contributed by atoms with van der Waals surface area (Å²) in [5.74, 6) is -3.28. The molecule has 0 aliphatic rings. The van der Waals surface area contributed by atoms with Gasteiger partial charge < -0.3 is 10.6 Å². The lowest BCUT2D eigenvalue weighted by Gasteiger charge is -2.18. The lowest BCUT2D eigenvalue weighted by molar-refractivity contribution is -0.122. The van der Waals surface area contributed by atoms with Crippen LogP contribution < -0.4 is 10.6 Å². The average Bonchev–Trinajstić information content (AvgIpc) is 3.09. The van der Waals surface area contributed by atoms with E-state index in [0.29, 0.717) is 5.69 Å². The summed E-state index contributed by atoms with van der Waals surface area (Å²) in [6.45, 7) is 1.72. The molecule has 2 amide bonds. The number of nitrogens with one attached hydrogen (secondary N) is 2. The van der Waals surface area contributed by atoms with Gasteiger partial charge in [-0.15, -0.1) is 0 Å². The topological polar surface area (TPSA) is 76.0 Å². The molecule has 6 nitrogen and oxygen atoms in total. The van der Waals surface area contributed by atoms with Crippen molar-refractivity contribution in [3.8, 4) is 5.69 Å². The highest BCUT2D eigenvalue weighted by molar-refractivity contribution is 9.10. The van der Waals surface area contributed by atoms with Crippen LogP contribution in [0.2, 0.25) is 0 Å². The fraction of sp³-hybridized carbons (Fsp3) is 0.150. The monoisotopic (exact) mass is 462 g/mol. The van der Waals surface area contributed by atoms with Gasteiger partial charge in [-0.05, 0) is 48.9 Å². The molecule has 2 N–H and O–H groups in total. The Kier molecular flexibility index (Phi) is 6.07. The zero-order valence-electron chi connectivity index (χ0n) is 15.5. The second-order valence-electron chi connectivity index (χ2n) is 6.23. The van der Waals surface area contributed by atoms with Crippen molar-refractivity contribution >= 4 is 27.7 Å². The van der Waals surface area contributed by atoms with Crippen LogP contribution in [-0.4, -0.2) is 28.6 Å². The molecule has 3 aromatic rings. The SMILES string of the molecule is CNC(=O)C(NC(=O)c1cnn(-c2ccc(Br)cc2)c1C)c1ccc(F)c(F)c1. The van der Waals surface area contributed by atoms with Gasteiger partial charge in [-0.2, -0.15) is 5.10 Å². The van der Waals surface area contributed by atoms with E-state index in [1.54, 1.807) is 11.6 Å². The van der Waals surface area contributed by atoms with Crippen LogP contribution in [0.25, 0.3) is 5.69 Å². The fourth-order valence-corrected chi connectivity index (χ4v) is 3.08. The van der Waals surface area contributed by atoms with Gasteiger partial charge in [0.2, 0.25) is 5.91 Å². The van der Waals surface area contributed by atoms with Crippen LogP contribution >= 0.6 is 15.9 Å². The first-order chi connectivity index (χ1) is 13.8. The van der Waals surface area contributed by atoms with E-state index < -0.39 is 29.5 Å². The largest absolute Gasteiger partial charge is 0.357 e. The minimum atomic E-state index is -1.20. The maximum absolute atomic E-state index is 13.6. The second-order valence-corrected chi connectivity index (χ2v) is 7.14. The third-order valence-corrected chi connectivity index (χ3v) is 4.92. The molecule has 1 atom stereocenters. The van der Waals surface area contributed by atoms with Crippen LogP contribution in [0.3, 0.4) is 0 Å². The van der Waals surface area contributed by atoms with Gasteiger partial charge in [-0.25, -0.2) is 13.5 Å². The molecule has 3 rings (SSSR count). The molecule has 0 fully saturated rings. The maximum atomic E-state index is 13.6. The Bertz CT molecular complexity index is 1070. The van der Waals surface area contributed by atoms with Crippen molar-refractivity contribution in [1.82, 2.24) is 20.4 Å². The van der Waals surface area contributed by atoms with Gasteiger partial charge in [0.1, 0.15) is 6.04 Å². The molecule has 0 bridgehead atoms. The van der Waals surface area contributed by atoms with Crippen molar-refractivity contribution in [2.24, 2.45) is 0 Å².